The Morgan fingerprint density at radius 2 is 1.92 bits per heavy atom. The molecule has 0 radical (unpaired) electrons. The van der Waals surface area contributed by atoms with Crippen molar-refractivity contribution in [1.82, 2.24) is 0 Å². The summed E-state index contributed by atoms with van der Waals surface area (Å²) in [5, 5.41) is 16.9. The van der Waals surface area contributed by atoms with E-state index in [4.69, 9.17) is 10.2 Å². The molecule has 2 N–H and O–H groups in total. The van der Waals surface area contributed by atoms with E-state index in [0.29, 0.717) is 0 Å². The van der Waals surface area contributed by atoms with Gasteiger partial charge in [-0.05, 0) is 0 Å². The minimum absolute atomic E-state index is 0.369. The van der Waals surface area contributed by atoms with Crippen molar-refractivity contribution in [3.63, 3.8) is 0 Å². The number of carboxylic acids is 2. The standard InChI is InChI=1S/C6H6O6/c7-3-1-2(5(8)9)4(12-3)6(10)11/h2,4H,1H2,(H,8,9)(H,10,11)/t2-,4-/m0/s1. The molecule has 12 heavy (non-hydrogen) atoms. The molecule has 1 fully saturated rings. The van der Waals surface area contributed by atoms with Gasteiger partial charge in [-0.15, -0.1) is 0 Å². The van der Waals surface area contributed by atoms with Crippen molar-refractivity contribution in [3.05, 3.63) is 0 Å². The molecule has 0 aliphatic carbocycles. The average Bonchev–Trinajstić information content (AvgIpc) is 2.31. The molecule has 6 nitrogen and oxygen atoms in total. The Labute approximate surface area is 66.7 Å². The second-order valence-electron chi connectivity index (χ2n) is 2.40. The number of aliphatic carboxylic acids is 2. The molecule has 0 saturated carbocycles. The summed E-state index contributed by atoms with van der Waals surface area (Å²) < 4.78 is 4.28. The van der Waals surface area contributed by atoms with E-state index >= 15 is 0 Å². The number of hydrogen-bond acceptors (Lipinski definition) is 4. The molecule has 0 aromatic heterocycles. The van der Waals surface area contributed by atoms with Gasteiger partial charge in [0, 0.05) is 0 Å². The summed E-state index contributed by atoms with van der Waals surface area (Å²) in [6.45, 7) is 0. The van der Waals surface area contributed by atoms with Gasteiger partial charge in [-0.25, -0.2) is 4.79 Å². The van der Waals surface area contributed by atoms with Gasteiger partial charge < -0.3 is 14.9 Å². The Morgan fingerprint density at radius 3 is 2.25 bits per heavy atom. The summed E-state index contributed by atoms with van der Waals surface area (Å²) in [7, 11) is 0. The molecule has 0 bridgehead atoms. The molecule has 1 heterocycles. The van der Waals surface area contributed by atoms with E-state index < -0.39 is 29.9 Å². The van der Waals surface area contributed by atoms with Crippen LogP contribution in [0.25, 0.3) is 0 Å². The van der Waals surface area contributed by atoms with Crippen LogP contribution < -0.4 is 0 Å². The molecule has 1 aliphatic rings. The lowest BCUT2D eigenvalue weighted by Gasteiger charge is -2.07. The van der Waals surface area contributed by atoms with E-state index in [9.17, 15) is 14.4 Å². The number of esters is 1. The van der Waals surface area contributed by atoms with E-state index in [2.05, 4.69) is 4.74 Å². The van der Waals surface area contributed by atoms with Crippen molar-refractivity contribution in [2.75, 3.05) is 0 Å². The van der Waals surface area contributed by atoms with Crippen LogP contribution in [0.4, 0.5) is 0 Å². The lowest BCUT2D eigenvalue weighted by molar-refractivity contribution is -0.161. The van der Waals surface area contributed by atoms with Crippen LogP contribution in [0.1, 0.15) is 6.42 Å². The Kier molecular flexibility index (Phi) is 1.99. The topological polar surface area (TPSA) is 101 Å². The average molecular weight is 174 g/mol. The maximum Gasteiger partial charge on any atom is 0.345 e. The molecular formula is C6H6O6. The third-order valence-corrected chi connectivity index (χ3v) is 1.57. The second kappa shape index (κ2) is 2.80. The fourth-order valence-corrected chi connectivity index (χ4v) is 0.998. The summed E-state index contributed by atoms with van der Waals surface area (Å²) in [4.78, 5) is 31.2. The van der Waals surface area contributed by atoms with Crippen molar-refractivity contribution in [2.24, 2.45) is 5.92 Å². The highest BCUT2D eigenvalue weighted by molar-refractivity contribution is 5.90. The summed E-state index contributed by atoms with van der Waals surface area (Å²) in [5.41, 5.74) is 0. The van der Waals surface area contributed by atoms with Crippen molar-refractivity contribution >= 4 is 17.9 Å². The summed E-state index contributed by atoms with van der Waals surface area (Å²) in [6, 6.07) is 0. The summed E-state index contributed by atoms with van der Waals surface area (Å²) in [5.74, 6) is -4.79. The van der Waals surface area contributed by atoms with Crippen LogP contribution in [0.2, 0.25) is 0 Å². The van der Waals surface area contributed by atoms with Gasteiger partial charge in [0.25, 0.3) is 0 Å². The summed E-state index contributed by atoms with van der Waals surface area (Å²) in [6.07, 6.45) is -1.90. The van der Waals surface area contributed by atoms with Crippen molar-refractivity contribution in [2.45, 2.75) is 12.5 Å². The van der Waals surface area contributed by atoms with Crippen LogP contribution in [0, 0.1) is 5.92 Å². The molecule has 0 unspecified atom stereocenters. The van der Waals surface area contributed by atoms with Crippen molar-refractivity contribution in [3.8, 4) is 0 Å². The fraction of sp³-hybridized carbons (Fsp3) is 0.500. The first-order chi connectivity index (χ1) is 5.52. The van der Waals surface area contributed by atoms with Crippen LogP contribution in [0.5, 0.6) is 0 Å². The van der Waals surface area contributed by atoms with Gasteiger partial charge in [0.2, 0.25) is 6.10 Å². The number of hydrogen-bond donors (Lipinski definition) is 2. The molecule has 0 aromatic carbocycles. The van der Waals surface area contributed by atoms with E-state index in [1.807, 2.05) is 0 Å². The zero-order chi connectivity index (χ0) is 9.30. The van der Waals surface area contributed by atoms with E-state index in [1.54, 1.807) is 0 Å². The van der Waals surface area contributed by atoms with Gasteiger partial charge >= 0.3 is 17.9 Å². The molecule has 1 rings (SSSR count). The number of carbonyl (C=O) groups excluding carboxylic acids is 1. The first-order valence-corrected chi connectivity index (χ1v) is 3.17. The minimum atomic E-state index is -1.53. The number of rotatable bonds is 2. The zero-order valence-electron chi connectivity index (χ0n) is 5.89. The quantitative estimate of drug-likeness (QED) is 0.525. The molecule has 66 valence electrons. The molecule has 1 aliphatic heterocycles. The Morgan fingerprint density at radius 1 is 1.33 bits per heavy atom. The summed E-state index contributed by atoms with van der Waals surface area (Å²) >= 11 is 0. The predicted octanol–water partition coefficient (Wildman–Crippen LogP) is -0.913. The highest BCUT2D eigenvalue weighted by Gasteiger charge is 2.44. The van der Waals surface area contributed by atoms with E-state index in [-0.39, 0.29) is 6.42 Å². The monoisotopic (exact) mass is 174 g/mol. The van der Waals surface area contributed by atoms with Gasteiger partial charge in [-0.3, -0.25) is 9.59 Å². The lowest BCUT2D eigenvalue weighted by Crippen LogP contribution is -2.31. The first-order valence-electron chi connectivity index (χ1n) is 3.17. The van der Waals surface area contributed by atoms with E-state index in [1.165, 1.54) is 0 Å². The number of cyclic esters (lactones) is 1. The smallest absolute Gasteiger partial charge is 0.345 e. The van der Waals surface area contributed by atoms with Crippen LogP contribution in [0.15, 0.2) is 0 Å². The molecule has 2 atom stereocenters. The SMILES string of the molecule is O=C1C[C@H](C(=O)O)[C@@H](C(=O)O)O1. The van der Waals surface area contributed by atoms with Crippen molar-refractivity contribution < 1.29 is 29.3 Å². The normalized spacial score (nSPS) is 28.2. The van der Waals surface area contributed by atoms with Gasteiger partial charge in [0.15, 0.2) is 0 Å². The highest BCUT2D eigenvalue weighted by atomic mass is 16.6. The van der Waals surface area contributed by atoms with Gasteiger partial charge in [0.05, 0.1) is 6.42 Å². The van der Waals surface area contributed by atoms with Crippen LogP contribution in [0.3, 0.4) is 0 Å². The maximum atomic E-state index is 10.5. The van der Waals surface area contributed by atoms with E-state index in [0.717, 1.165) is 0 Å². The molecule has 0 aromatic rings. The van der Waals surface area contributed by atoms with Gasteiger partial charge in [0.1, 0.15) is 5.92 Å². The van der Waals surface area contributed by atoms with Crippen LogP contribution >= 0.6 is 0 Å². The molecule has 0 amide bonds. The number of ether oxygens (including phenoxy) is 1. The molecule has 6 heteroatoms. The van der Waals surface area contributed by atoms with Gasteiger partial charge in [-0.2, -0.15) is 0 Å². The Balaban J connectivity index is 2.79. The van der Waals surface area contributed by atoms with Crippen molar-refractivity contribution in [1.29, 1.82) is 0 Å². The van der Waals surface area contributed by atoms with Crippen LogP contribution in [-0.2, 0) is 19.1 Å². The second-order valence-corrected chi connectivity index (χ2v) is 2.40. The fourth-order valence-electron chi connectivity index (χ4n) is 0.998. The Bertz CT molecular complexity index is 220. The minimum Gasteiger partial charge on any atom is -0.481 e. The molecular weight excluding hydrogens is 168 g/mol. The van der Waals surface area contributed by atoms with Gasteiger partial charge in [-0.1, -0.05) is 0 Å². The first kappa shape index (κ1) is 8.51. The molecule has 1 saturated heterocycles. The maximum absolute atomic E-state index is 10.5. The third-order valence-electron chi connectivity index (χ3n) is 1.57. The van der Waals surface area contributed by atoms with Crippen LogP contribution in [-0.4, -0.2) is 34.2 Å². The third kappa shape index (κ3) is 1.36. The number of carboxylic acid groups (broad SMARTS) is 2. The largest absolute Gasteiger partial charge is 0.481 e. The zero-order valence-corrected chi connectivity index (χ0v) is 5.89. The molecule has 0 spiro atoms. The predicted molar refractivity (Wildman–Crippen MR) is 33.3 cm³/mol. The highest BCUT2D eigenvalue weighted by Crippen LogP contribution is 2.22. The Hall–Kier alpha value is -1.59. The lowest BCUT2D eigenvalue weighted by atomic mass is 10.0. The number of carbonyl (C=O) groups is 3.